The van der Waals surface area contributed by atoms with Gasteiger partial charge in [-0.25, -0.2) is 0 Å². The molecule has 5 aliphatic rings. The third kappa shape index (κ3) is 15.6. The minimum atomic E-state index is -4.76. The molecule has 5 heterocycles. The number of hydrogen-bond donors (Lipinski definition) is 1. The van der Waals surface area contributed by atoms with E-state index >= 15 is 0 Å². The summed E-state index contributed by atoms with van der Waals surface area (Å²) in [6.45, 7) is 9.38. The number of methoxy groups -OCH3 is 2. The van der Waals surface area contributed by atoms with Crippen LogP contribution >= 0.6 is 33.3 Å². The highest BCUT2D eigenvalue weighted by molar-refractivity contribution is 8.77. The zero-order valence-corrected chi connectivity index (χ0v) is 54.8. The number of carbonyl (C=O) groups is 5. The molecule has 0 aromatic heterocycles. The standard InChI is InChI=1S/C67H80N4O14S4/c1-43-30-53-46(17-19-50-34-48-12-7-9-14-55(48)70(50)64(53)74)36-58(43)84-40-44-31-45(41-85-60-37-47-18-20-51-35-49-13-8-10-15-56(49)71(51)65(75)54(47)38-59(60)81-5)33-52(32-44)68(23-24-82-27-28-83-26-25-80-4)42-67(2,3)88-87-29-21-62(89(77,78)79)57(72)16-11-22-69-63(73)39-61(86-6)66(69)76/h7-10,12-15,30-33,36-38,50-51,61-62H,11,16-29,34-35,39-42H2,1-6H3,(H,77,78,79). The SMILES string of the molecule is COCCOCCOCCN(CC(C)(C)SSCCC(C(=O)CCCN1C(=O)CC(SC)C1=O)S(=O)(=O)O)c1cc(COc2cc3c(cc2C)C(=O)N2c4ccccc4CC2CC3)cc(COc2cc3c(cc2OC)C(=O)N2c4ccccc4CC2CC3)c1. The molecule has 5 aliphatic heterocycles. The summed E-state index contributed by atoms with van der Waals surface area (Å²) in [5.41, 5.74) is 10.8. The molecule has 0 spiro atoms. The number of benzene rings is 5. The van der Waals surface area contributed by atoms with Crippen LogP contribution in [0.3, 0.4) is 0 Å². The van der Waals surface area contributed by atoms with E-state index in [2.05, 4.69) is 49.1 Å². The number of likely N-dealkylation sites (tertiary alicyclic amines) is 1. The van der Waals surface area contributed by atoms with E-state index in [4.69, 9.17) is 28.4 Å². The molecule has 1 saturated heterocycles. The van der Waals surface area contributed by atoms with Crippen LogP contribution in [0, 0.1) is 6.92 Å². The quantitative estimate of drug-likeness (QED) is 0.0189. The summed E-state index contributed by atoms with van der Waals surface area (Å²) in [5.74, 6) is 0.502. The number of anilines is 3. The lowest BCUT2D eigenvalue weighted by atomic mass is 9.98. The zero-order valence-electron chi connectivity index (χ0n) is 51.5. The van der Waals surface area contributed by atoms with Gasteiger partial charge in [0.25, 0.3) is 21.9 Å². The fraction of sp³-hybridized carbons (Fsp3) is 0.478. The summed E-state index contributed by atoms with van der Waals surface area (Å²) in [6, 6.07) is 30.4. The lowest BCUT2D eigenvalue weighted by molar-refractivity contribution is -0.138. The Kier molecular flexibility index (Phi) is 21.8. The molecule has 18 nitrogen and oxygen atoms in total. The number of amides is 4. The first-order valence-corrected chi connectivity index (χ1v) is 35.6. The number of nitrogens with zero attached hydrogens (tertiary/aromatic N) is 4. The summed E-state index contributed by atoms with van der Waals surface area (Å²) >= 11 is 1.29. The summed E-state index contributed by atoms with van der Waals surface area (Å²) in [5, 5.41) is -2.12. The van der Waals surface area contributed by atoms with Gasteiger partial charge in [-0.2, -0.15) is 20.2 Å². The normalized spacial score (nSPS) is 18.2. The van der Waals surface area contributed by atoms with Crippen molar-refractivity contribution in [3.8, 4) is 17.2 Å². The number of hydrogen-bond acceptors (Lipinski definition) is 17. The van der Waals surface area contributed by atoms with Crippen LogP contribution in [0.1, 0.15) is 112 Å². The molecule has 1 fully saturated rings. The molecule has 0 aliphatic carbocycles. The Hall–Kier alpha value is -6.11. The van der Waals surface area contributed by atoms with E-state index in [1.165, 1.54) is 44.5 Å². The molecular formula is C67H80N4O14S4. The average molecular weight is 1290 g/mol. The van der Waals surface area contributed by atoms with E-state index in [0.29, 0.717) is 80.9 Å². The Labute approximate surface area is 534 Å². The van der Waals surface area contributed by atoms with Gasteiger partial charge in [0, 0.05) is 90.4 Å². The minimum absolute atomic E-state index is 0.00125. The fourth-order valence-corrected chi connectivity index (χ4v) is 17.0. The lowest BCUT2D eigenvalue weighted by Crippen LogP contribution is -2.38. The number of aryl methyl sites for hydroxylation is 3. The average Bonchev–Trinajstić information content (AvgIpc) is 2.71. The summed E-state index contributed by atoms with van der Waals surface area (Å²) in [6.07, 6.45) is 6.24. The molecule has 0 radical (unpaired) electrons. The van der Waals surface area contributed by atoms with Crippen molar-refractivity contribution in [3.63, 3.8) is 0 Å². The van der Waals surface area contributed by atoms with Gasteiger partial charge in [-0.05, 0) is 172 Å². The molecule has 89 heavy (non-hydrogen) atoms. The molecule has 0 bridgehead atoms. The Morgan fingerprint density at radius 2 is 1.31 bits per heavy atom. The number of Topliss-reactive ketones (excluding diaryl/α,β-unsaturated/α-hetero) is 1. The van der Waals surface area contributed by atoms with Crippen LogP contribution in [0.5, 0.6) is 17.2 Å². The number of carbonyl (C=O) groups excluding carboxylic acids is 5. The summed E-state index contributed by atoms with van der Waals surface area (Å²) in [7, 11) is 1.37. The number of para-hydroxylation sites is 2. The molecule has 4 amide bonds. The predicted molar refractivity (Wildman–Crippen MR) is 350 cm³/mol. The van der Waals surface area contributed by atoms with Crippen molar-refractivity contribution >= 4 is 89.9 Å². The Morgan fingerprint density at radius 1 is 0.730 bits per heavy atom. The maximum Gasteiger partial charge on any atom is 0.275 e. The van der Waals surface area contributed by atoms with Crippen LogP contribution in [-0.4, -0.2) is 154 Å². The third-order valence-corrected chi connectivity index (χ3v) is 22.6. The van der Waals surface area contributed by atoms with E-state index in [1.54, 1.807) is 26.5 Å². The van der Waals surface area contributed by atoms with Crippen LogP contribution in [0.25, 0.3) is 0 Å². The van der Waals surface area contributed by atoms with Crippen molar-refractivity contribution in [2.45, 2.75) is 126 Å². The molecule has 10 rings (SSSR count). The van der Waals surface area contributed by atoms with Crippen molar-refractivity contribution in [1.29, 1.82) is 0 Å². The van der Waals surface area contributed by atoms with Crippen LogP contribution in [0.15, 0.2) is 91.0 Å². The highest BCUT2D eigenvalue weighted by Crippen LogP contribution is 2.43. The number of ketones is 1. The van der Waals surface area contributed by atoms with Crippen molar-refractivity contribution < 1.29 is 65.4 Å². The van der Waals surface area contributed by atoms with Crippen LogP contribution in [0.4, 0.5) is 17.1 Å². The van der Waals surface area contributed by atoms with Gasteiger partial charge in [-0.3, -0.25) is 33.4 Å². The van der Waals surface area contributed by atoms with E-state index in [-0.39, 0.29) is 86.9 Å². The lowest BCUT2D eigenvalue weighted by Gasteiger charge is -2.34. The van der Waals surface area contributed by atoms with E-state index in [0.717, 1.165) is 81.9 Å². The third-order valence-electron chi connectivity index (χ3n) is 17.2. The van der Waals surface area contributed by atoms with Gasteiger partial charge < -0.3 is 43.1 Å². The Bertz CT molecular complexity index is 3550. The Morgan fingerprint density at radius 3 is 1.91 bits per heavy atom. The van der Waals surface area contributed by atoms with Crippen molar-refractivity contribution in [2.24, 2.45) is 0 Å². The molecule has 5 aromatic rings. The smallest absolute Gasteiger partial charge is 0.275 e. The topological polar surface area (TPSA) is 208 Å². The second kappa shape index (κ2) is 29.4. The van der Waals surface area contributed by atoms with Crippen LogP contribution < -0.4 is 28.9 Å². The van der Waals surface area contributed by atoms with Gasteiger partial charge in [0.15, 0.2) is 17.3 Å². The number of fused-ring (bicyclic) bond motifs is 8. The molecule has 476 valence electrons. The van der Waals surface area contributed by atoms with Crippen LogP contribution in [-0.2, 0) is 77.6 Å². The van der Waals surface area contributed by atoms with Crippen molar-refractivity contribution in [1.82, 2.24) is 4.90 Å². The number of rotatable bonds is 31. The van der Waals surface area contributed by atoms with E-state index in [9.17, 15) is 36.9 Å². The maximum atomic E-state index is 14.4. The number of thioether (sulfide) groups is 1. The van der Waals surface area contributed by atoms with E-state index < -0.39 is 31.1 Å². The first kappa shape index (κ1) is 65.8. The van der Waals surface area contributed by atoms with Gasteiger partial charge in [-0.1, -0.05) is 58.0 Å². The monoisotopic (exact) mass is 1290 g/mol. The molecule has 5 aromatic carbocycles. The Balaban J connectivity index is 0.890. The molecule has 0 saturated carbocycles. The van der Waals surface area contributed by atoms with Crippen molar-refractivity contribution in [2.75, 3.05) is 93.6 Å². The first-order valence-electron chi connectivity index (χ1n) is 30.5. The number of ether oxygens (including phenoxy) is 6. The van der Waals surface area contributed by atoms with Gasteiger partial charge in [0.2, 0.25) is 11.8 Å². The highest BCUT2D eigenvalue weighted by Gasteiger charge is 2.41. The molecule has 4 atom stereocenters. The maximum absolute atomic E-state index is 14.4. The van der Waals surface area contributed by atoms with Crippen molar-refractivity contribution in [3.05, 3.63) is 141 Å². The largest absolute Gasteiger partial charge is 0.493 e. The molecule has 22 heteroatoms. The summed E-state index contributed by atoms with van der Waals surface area (Å²) < 4.78 is 71.5. The highest BCUT2D eigenvalue weighted by atomic mass is 33.1. The number of imide groups is 1. The second-order valence-electron chi connectivity index (χ2n) is 23.9. The molecule has 4 unspecified atom stereocenters. The van der Waals surface area contributed by atoms with Gasteiger partial charge in [0.05, 0.1) is 45.4 Å². The minimum Gasteiger partial charge on any atom is -0.493 e. The predicted octanol–water partition coefficient (Wildman–Crippen LogP) is 10.3. The van der Waals surface area contributed by atoms with E-state index in [1.807, 2.05) is 71.3 Å². The fourth-order valence-electron chi connectivity index (χ4n) is 12.7. The second-order valence-corrected chi connectivity index (χ2v) is 29.7. The molecule has 1 N–H and O–H groups in total. The summed E-state index contributed by atoms with van der Waals surface area (Å²) in [4.78, 5) is 74.5. The van der Waals surface area contributed by atoms with Gasteiger partial charge in [-0.15, -0.1) is 0 Å². The molecular weight excluding hydrogens is 1210 g/mol. The van der Waals surface area contributed by atoms with Gasteiger partial charge in [0.1, 0.15) is 24.2 Å². The first-order chi connectivity index (χ1) is 42.8. The van der Waals surface area contributed by atoms with Gasteiger partial charge >= 0.3 is 0 Å². The van der Waals surface area contributed by atoms with Crippen LogP contribution in [0.2, 0.25) is 0 Å². The zero-order chi connectivity index (χ0) is 63.0.